The summed E-state index contributed by atoms with van der Waals surface area (Å²) < 4.78 is 4.71. The number of rotatable bonds is 1. The predicted octanol–water partition coefficient (Wildman–Crippen LogP) is 1.98. The summed E-state index contributed by atoms with van der Waals surface area (Å²) in [4.78, 5) is 10.3. The summed E-state index contributed by atoms with van der Waals surface area (Å²) in [6.45, 7) is 0. The SMILES string of the molecule is Cl.O=C(O)OC1CC2CCCC[C@H]2N1. The van der Waals surface area contributed by atoms with Gasteiger partial charge < -0.3 is 9.84 Å². The van der Waals surface area contributed by atoms with Crippen LogP contribution in [0, 0.1) is 5.92 Å². The quantitative estimate of drug-likeness (QED) is 0.665. The molecule has 2 N–H and O–H groups in total. The Morgan fingerprint density at radius 1 is 1.36 bits per heavy atom. The third-order valence-corrected chi connectivity index (χ3v) is 3.07. The van der Waals surface area contributed by atoms with Crippen molar-refractivity contribution in [2.24, 2.45) is 5.92 Å². The molecule has 1 saturated carbocycles. The molecule has 82 valence electrons. The maximum Gasteiger partial charge on any atom is 0.507 e. The Hall–Kier alpha value is -0.480. The third-order valence-electron chi connectivity index (χ3n) is 3.07. The number of fused-ring (bicyclic) bond motifs is 1. The van der Waals surface area contributed by atoms with E-state index in [4.69, 9.17) is 9.84 Å². The number of hydrogen-bond acceptors (Lipinski definition) is 3. The summed E-state index contributed by atoms with van der Waals surface area (Å²) in [7, 11) is 0. The van der Waals surface area contributed by atoms with Gasteiger partial charge in [-0.2, -0.15) is 0 Å². The Morgan fingerprint density at radius 2 is 2.07 bits per heavy atom. The fraction of sp³-hybridized carbons (Fsp3) is 0.889. The normalized spacial score (nSPS) is 35.6. The van der Waals surface area contributed by atoms with Crippen LogP contribution in [0.15, 0.2) is 0 Å². The zero-order valence-electron chi connectivity index (χ0n) is 7.94. The van der Waals surface area contributed by atoms with E-state index in [2.05, 4.69) is 5.32 Å². The van der Waals surface area contributed by atoms with E-state index in [1.807, 2.05) is 0 Å². The van der Waals surface area contributed by atoms with Gasteiger partial charge in [-0.05, 0) is 18.8 Å². The second-order valence-corrected chi connectivity index (χ2v) is 3.93. The van der Waals surface area contributed by atoms with Crippen molar-refractivity contribution in [3.63, 3.8) is 0 Å². The molecule has 1 heterocycles. The Balaban J connectivity index is 0.000000980. The second kappa shape index (κ2) is 4.84. The van der Waals surface area contributed by atoms with Gasteiger partial charge in [-0.3, -0.25) is 5.32 Å². The average molecular weight is 222 g/mol. The molecule has 14 heavy (non-hydrogen) atoms. The summed E-state index contributed by atoms with van der Waals surface area (Å²) >= 11 is 0. The van der Waals surface area contributed by atoms with Gasteiger partial charge in [-0.15, -0.1) is 12.4 Å². The van der Waals surface area contributed by atoms with Crippen molar-refractivity contribution in [3.8, 4) is 0 Å². The molecule has 0 aromatic heterocycles. The van der Waals surface area contributed by atoms with Crippen LogP contribution in [-0.4, -0.2) is 23.5 Å². The van der Waals surface area contributed by atoms with E-state index in [-0.39, 0.29) is 18.6 Å². The molecule has 1 aliphatic carbocycles. The third kappa shape index (κ3) is 2.51. The van der Waals surface area contributed by atoms with E-state index in [1.54, 1.807) is 0 Å². The van der Waals surface area contributed by atoms with E-state index in [0.717, 1.165) is 6.42 Å². The van der Waals surface area contributed by atoms with Crippen molar-refractivity contribution in [3.05, 3.63) is 0 Å². The molecule has 2 rings (SSSR count). The Labute approximate surface area is 89.4 Å². The predicted molar refractivity (Wildman–Crippen MR) is 53.6 cm³/mol. The minimum Gasteiger partial charge on any atom is -0.450 e. The lowest BCUT2D eigenvalue weighted by Crippen LogP contribution is -2.35. The lowest BCUT2D eigenvalue weighted by molar-refractivity contribution is 0.0430. The maximum absolute atomic E-state index is 10.3. The smallest absolute Gasteiger partial charge is 0.450 e. The van der Waals surface area contributed by atoms with Crippen molar-refractivity contribution in [2.75, 3.05) is 0 Å². The van der Waals surface area contributed by atoms with Crippen molar-refractivity contribution < 1.29 is 14.6 Å². The van der Waals surface area contributed by atoms with Crippen LogP contribution in [0.1, 0.15) is 32.1 Å². The van der Waals surface area contributed by atoms with Gasteiger partial charge in [0.1, 0.15) is 0 Å². The zero-order chi connectivity index (χ0) is 9.26. The first kappa shape index (κ1) is 11.6. The summed E-state index contributed by atoms with van der Waals surface area (Å²) in [5.41, 5.74) is 0. The summed E-state index contributed by atoms with van der Waals surface area (Å²) in [5.74, 6) is 0.637. The van der Waals surface area contributed by atoms with Crippen LogP contribution in [0.3, 0.4) is 0 Å². The Bertz CT molecular complexity index is 198. The zero-order valence-corrected chi connectivity index (χ0v) is 8.76. The molecular formula is C9H16ClNO3. The number of carbonyl (C=O) groups is 1. The molecule has 0 amide bonds. The van der Waals surface area contributed by atoms with Crippen molar-refractivity contribution >= 4 is 18.6 Å². The molecular weight excluding hydrogens is 206 g/mol. The minimum atomic E-state index is -1.17. The van der Waals surface area contributed by atoms with Gasteiger partial charge >= 0.3 is 6.16 Å². The largest absolute Gasteiger partial charge is 0.507 e. The molecule has 0 bridgehead atoms. The lowest BCUT2D eigenvalue weighted by Gasteiger charge is -2.23. The lowest BCUT2D eigenvalue weighted by atomic mass is 9.85. The molecule has 5 heteroatoms. The van der Waals surface area contributed by atoms with Crippen LogP contribution in [-0.2, 0) is 4.74 Å². The topological polar surface area (TPSA) is 58.6 Å². The summed E-state index contributed by atoms with van der Waals surface area (Å²) in [6, 6.07) is 0.498. The molecule has 4 nitrogen and oxygen atoms in total. The fourth-order valence-corrected chi connectivity index (χ4v) is 2.49. The first-order chi connectivity index (χ1) is 6.25. The maximum atomic E-state index is 10.3. The molecule has 3 atom stereocenters. The van der Waals surface area contributed by atoms with E-state index < -0.39 is 6.16 Å². The molecule has 2 unspecified atom stereocenters. The first-order valence-corrected chi connectivity index (χ1v) is 4.91. The highest BCUT2D eigenvalue weighted by atomic mass is 35.5. The molecule has 2 fully saturated rings. The molecule has 2 aliphatic rings. The molecule has 0 radical (unpaired) electrons. The van der Waals surface area contributed by atoms with Crippen LogP contribution in [0.2, 0.25) is 0 Å². The first-order valence-electron chi connectivity index (χ1n) is 4.91. The van der Waals surface area contributed by atoms with Gasteiger partial charge in [-0.1, -0.05) is 12.8 Å². The van der Waals surface area contributed by atoms with Gasteiger partial charge in [0.05, 0.1) is 0 Å². The molecule has 1 saturated heterocycles. The van der Waals surface area contributed by atoms with Crippen LogP contribution < -0.4 is 5.32 Å². The number of carboxylic acid groups (broad SMARTS) is 1. The number of hydrogen-bond donors (Lipinski definition) is 2. The van der Waals surface area contributed by atoms with E-state index in [1.165, 1.54) is 25.7 Å². The number of nitrogens with one attached hydrogen (secondary N) is 1. The van der Waals surface area contributed by atoms with Crippen LogP contribution >= 0.6 is 12.4 Å². The van der Waals surface area contributed by atoms with Gasteiger partial charge in [0.25, 0.3) is 0 Å². The van der Waals surface area contributed by atoms with Gasteiger partial charge in [-0.25, -0.2) is 4.79 Å². The number of halogens is 1. The standard InChI is InChI=1S/C9H15NO3.ClH/c11-9(12)13-8-5-6-3-1-2-4-7(6)10-8;/h6-8,10H,1-5H2,(H,11,12);1H/t6?,7-,8?;/m1./s1. The van der Waals surface area contributed by atoms with E-state index >= 15 is 0 Å². The van der Waals surface area contributed by atoms with Crippen LogP contribution in [0.4, 0.5) is 4.79 Å². The summed E-state index contributed by atoms with van der Waals surface area (Å²) in [5, 5.41) is 11.7. The van der Waals surface area contributed by atoms with E-state index in [9.17, 15) is 4.79 Å². The monoisotopic (exact) mass is 221 g/mol. The van der Waals surface area contributed by atoms with Crippen LogP contribution in [0.5, 0.6) is 0 Å². The van der Waals surface area contributed by atoms with E-state index in [0.29, 0.717) is 12.0 Å². The number of ether oxygens (including phenoxy) is 1. The van der Waals surface area contributed by atoms with Crippen molar-refractivity contribution in [2.45, 2.75) is 44.4 Å². The highest BCUT2D eigenvalue weighted by Crippen LogP contribution is 2.33. The second-order valence-electron chi connectivity index (χ2n) is 3.93. The molecule has 1 aliphatic heterocycles. The highest BCUT2D eigenvalue weighted by molar-refractivity contribution is 5.85. The molecule has 0 aromatic carbocycles. The van der Waals surface area contributed by atoms with Gasteiger partial charge in [0, 0.05) is 12.5 Å². The molecule has 0 spiro atoms. The van der Waals surface area contributed by atoms with Gasteiger partial charge in [0.2, 0.25) is 0 Å². The highest BCUT2D eigenvalue weighted by Gasteiger charge is 2.36. The van der Waals surface area contributed by atoms with Crippen LogP contribution in [0.25, 0.3) is 0 Å². The Kier molecular flexibility index (Phi) is 4.01. The fourth-order valence-electron chi connectivity index (χ4n) is 2.49. The average Bonchev–Trinajstić information content (AvgIpc) is 2.44. The van der Waals surface area contributed by atoms with Crippen molar-refractivity contribution in [1.82, 2.24) is 5.32 Å². The Morgan fingerprint density at radius 3 is 2.71 bits per heavy atom. The van der Waals surface area contributed by atoms with Gasteiger partial charge in [0.15, 0.2) is 6.23 Å². The summed E-state index contributed by atoms with van der Waals surface area (Å²) in [6.07, 6.45) is 4.36. The van der Waals surface area contributed by atoms with Crippen molar-refractivity contribution in [1.29, 1.82) is 0 Å². The molecule has 0 aromatic rings. The minimum absolute atomic E-state index is 0.